The molecule has 0 aliphatic rings. The van der Waals surface area contributed by atoms with Gasteiger partial charge in [-0.25, -0.2) is 0 Å². The van der Waals surface area contributed by atoms with Crippen molar-refractivity contribution < 1.29 is 4.42 Å². The van der Waals surface area contributed by atoms with E-state index >= 15 is 0 Å². The molecule has 0 saturated carbocycles. The highest BCUT2D eigenvalue weighted by atomic mass is 16.3. The molecule has 0 fully saturated rings. The number of para-hydroxylation sites is 2. The largest absolute Gasteiger partial charge is 0.456 e. The molecule has 0 aliphatic heterocycles. The maximum atomic E-state index is 6.33. The Hall–Kier alpha value is -7.88. The molecular weight excluding hydrogens is 717 g/mol. The van der Waals surface area contributed by atoms with E-state index < -0.39 is 0 Å². The predicted octanol–water partition coefficient (Wildman–Crippen LogP) is 15.8. The van der Waals surface area contributed by atoms with E-state index in [9.17, 15) is 0 Å². The molecule has 2 heterocycles. The van der Waals surface area contributed by atoms with Crippen molar-refractivity contribution in [3.63, 3.8) is 0 Å². The number of fused-ring (bicyclic) bond motifs is 9. The van der Waals surface area contributed by atoms with Gasteiger partial charge in [-0.15, -0.1) is 0 Å². The van der Waals surface area contributed by atoms with Crippen LogP contribution >= 0.6 is 0 Å². The Labute approximate surface area is 341 Å². The lowest BCUT2D eigenvalue weighted by atomic mass is 9.99. The van der Waals surface area contributed by atoms with E-state index in [4.69, 9.17) is 4.42 Å². The first-order valence-corrected chi connectivity index (χ1v) is 20.2. The van der Waals surface area contributed by atoms with Crippen LogP contribution in [-0.4, -0.2) is 4.57 Å². The summed E-state index contributed by atoms with van der Waals surface area (Å²) < 4.78 is 8.73. The van der Waals surface area contributed by atoms with Gasteiger partial charge in [-0.1, -0.05) is 140 Å². The fraction of sp³-hybridized carbons (Fsp3) is 0. The molecule has 0 bridgehead atoms. The first-order chi connectivity index (χ1) is 29.2. The fourth-order valence-corrected chi connectivity index (χ4v) is 9.16. The van der Waals surface area contributed by atoms with Gasteiger partial charge in [0.15, 0.2) is 0 Å². The summed E-state index contributed by atoms with van der Waals surface area (Å²) in [5, 5.41) is 9.55. The van der Waals surface area contributed by atoms with Crippen LogP contribution in [0.3, 0.4) is 0 Å². The maximum Gasteiger partial charge on any atom is 0.136 e. The molecule has 3 nitrogen and oxygen atoms in total. The molecule has 0 atom stereocenters. The molecule has 2 aromatic heterocycles. The van der Waals surface area contributed by atoms with Gasteiger partial charge in [0, 0.05) is 44.0 Å². The molecule has 0 N–H and O–H groups in total. The summed E-state index contributed by atoms with van der Waals surface area (Å²) in [5.74, 6) is 0. The molecule has 10 aromatic carbocycles. The third-order valence-corrected chi connectivity index (χ3v) is 12.0. The normalized spacial score (nSPS) is 11.7. The predicted molar refractivity (Wildman–Crippen MR) is 249 cm³/mol. The van der Waals surface area contributed by atoms with Gasteiger partial charge < -0.3 is 13.9 Å². The Kier molecular flexibility index (Phi) is 7.54. The fourth-order valence-electron chi connectivity index (χ4n) is 9.16. The minimum absolute atomic E-state index is 0.912. The van der Waals surface area contributed by atoms with E-state index in [1.165, 1.54) is 60.0 Å². The zero-order valence-electron chi connectivity index (χ0n) is 32.1. The van der Waals surface area contributed by atoms with Crippen molar-refractivity contribution in [3.05, 3.63) is 218 Å². The van der Waals surface area contributed by atoms with Crippen molar-refractivity contribution >= 4 is 82.4 Å². The second-order valence-corrected chi connectivity index (χ2v) is 15.3. The molecule has 0 spiro atoms. The molecule has 12 aromatic rings. The molecule has 0 aliphatic carbocycles. The van der Waals surface area contributed by atoms with E-state index in [1.54, 1.807) is 0 Å². The molecule has 12 rings (SSSR count). The van der Waals surface area contributed by atoms with Gasteiger partial charge in [0.1, 0.15) is 11.2 Å². The smallest absolute Gasteiger partial charge is 0.136 e. The average Bonchev–Trinajstić information content (AvgIpc) is 3.85. The van der Waals surface area contributed by atoms with Crippen LogP contribution in [0.2, 0.25) is 0 Å². The highest BCUT2D eigenvalue weighted by Crippen LogP contribution is 2.43. The number of aromatic nitrogens is 1. The van der Waals surface area contributed by atoms with Gasteiger partial charge in [0.05, 0.1) is 16.7 Å². The van der Waals surface area contributed by atoms with Crippen molar-refractivity contribution in [2.75, 3.05) is 4.90 Å². The van der Waals surface area contributed by atoms with E-state index in [0.29, 0.717) is 0 Å². The van der Waals surface area contributed by atoms with Crippen molar-refractivity contribution in [3.8, 4) is 27.9 Å². The first-order valence-electron chi connectivity index (χ1n) is 20.2. The van der Waals surface area contributed by atoms with Crippen LogP contribution in [0.1, 0.15) is 0 Å². The number of rotatable bonds is 6. The van der Waals surface area contributed by atoms with Gasteiger partial charge in [-0.05, 0) is 117 Å². The van der Waals surface area contributed by atoms with Crippen LogP contribution in [0, 0.1) is 0 Å². The molecule has 0 unspecified atom stereocenters. The topological polar surface area (TPSA) is 21.3 Å². The van der Waals surface area contributed by atoms with Crippen molar-refractivity contribution in [2.24, 2.45) is 0 Å². The van der Waals surface area contributed by atoms with Crippen LogP contribution in [0.15, 0.2) is 223 Å². The standard InChI is InChI=1S/C56H36N2O/c1-3-12-37(13-4-1)38-22-28-44(29-23-38)57(51-20-11-15-40-14-7-8-18-46(40)51)45-30-24-39(25-31-45)41-26-32-52-49(34-41)50-36-48-42(35-53(50)58(52)43-16-5-2-6-17-43)27-33-55-56(48)47-19-9-10-21-54(47)59-55/h1-36H. The first kappa shape index (κ1) is 33.3. The van der Waals surface area contributed by atoms with Crippen LogP contribution < -0.4 is 4.90 Å². The summed E-state index contributed by atoms with van der Waals surface area (Å²) >= 11 is 0. The molecule has 0 saturated heterocycles. The highest BCUT2D eigenvalue weighted by molar-refractivity contribution is 6.23. The number of furan rings is 1. The molecule has 3 heteroatoms. The summed E-state index contributed by atoms with van der Waals surface area (Å²) in [6, 6.07) is 78.7. The summed E-state index contributed by atoms with van der Waals surface area (Å²) in [4.78, 5) is 2.38. The quantitative estimate of drug-likeness (QED) is 0.169. The second kappa shape index (κ2) is 13.4. The third kappa shape index (κ3) is 5.44. The number of hydrogen-bond donors (Lipinski definition) is 0. The molecule has 59 heavy (non-hydrogen) atoms. The number of hydrogen-bond acceptors (Lipinski definition) is 2. The van der Waals surface area contributed by atoms with Crippen molar-refractivity contribution in [1.82, 2.24) is 4.57 Å². The van der Waals surface area contributed by atoms with Crippen LogP contribution in [0.25, 0.3) is 93.2 Å². The van der Waals surface area contributed by atoms with Gasteiger partial charge >= 0.3 is 0 Å². The summed E-state index contributed by atoms with van der Waals surface area (Å²) in [7, 11) is 0. The monoisotopic (exact) mass is 752 g/mol. The van der Waals surface area contributed by atoms with Crippen LogP contribution in [0.4, 0.5) is 17.1 Å². The minimum atomic E-state index is 0.912. The van der Waals surface area contributed by atoms with Gasteiger partial charge in [0.25, 0.3) is 0 Å². The number of nitrogens with zero attached hydrogens (tertiary/aromatic N) is 2. The zero-order chi connectivity index (χ0) is 38.9. The Balaban J connectivity index is 1.01. The third-order valence-electron chi connectivity index (χ3n) is 12.0. The van der Waals surface area contributed by atoms with E-state index in [0.717, 1.165) is 50.3 Å². The maximum absolute atomic E-state index is 6.33. The Bertz CT molecular complexity index is 3520. The molecule has 276 valence electrons. The molecule has 0 radical (unpaired) electrons. The minimum Gasteiger partial charge on any atom is -0.456 e. The lowest BCUT2D eigenvalue weighted by Gasteiger charge is -2.27. The van der Waals surface area contributed by atoms with Crippen LogP contribution in [0.5, 0.6) is 0 Å². The Morgan fingerprint density at radius 1 is 0.339 bits per heavy atom. The lowest BCUT2D eigenvalue weighted by molar-refractivity contribution is 0.669. The van der Waals surface area contributed by atoms with Crippen molar-refractivity contribution in [1.29, 1.82) is 0 Å². The zero-order valence-corrected chi connectivity index (χ0v) is 32.1. The summed E-state index contributed by atoms with van der Waals surface area (Å²) in [6.45, 7) is 0. The Morgan fingerprint density at radius 3 is 1.73 bits per heavy atom. The van der Waals surface area contributed by atoms with Gasteiger partial charge in [-0.3, -0.25) is 0 Å². The summed E-state index contributed by atoms with van der Waals surface area (Å²) in [6.07, 6.45) is 0. The SMILES string of the molecule is c1ccc(-c2ccc(N(c3ccc(-c4ccc5c(c4)c4cc6c(ccc7oc8ccccc8c76)cc4n5-c4ccccc4)cc3)c3cccc4ccccc34)cc2)cc1. The average molecular weight is 753 g/mol. The lowest BCUT2D eigenvalue weighted by Crippen LogP contribution is -2.10. The van der Waals surface area contributed by atoms with Crippen molar-refractivity contribution in [2.45, 2.75) is 0 Å². The molecular formula is C56H36N2O. The highest BCUT2D eigenvalue weighted by Gasteiger charge is 2.19. The molecule has 0 amide bonds. The van der Waals surface area contributed by atoms with E-state index in [-0.39, 0.29) is 0 Å². The Morgan fingerprint density at radius 2 is 0.949 bits per heavy atom. The van der Waals surface area contributed by atoms with E-state index in [2.05, 4.69) is 222 Å². The van der Waals surface area contributed by atoms with Gasteiger partial charge in [0.2, 0.25) is 0 Å². The number of anilines is 3. The second-order valence-electron chi connectivity index (χ2n) is 15.3. The van der Waals surface area contributed by atoms with Crippen LogP contribution in [-0.2, 0) is 0 Å². The summed E-state index contributed by atoms with van der Waals surface area (Å²) in [5.41, 5.74) is 13.4. The van der Waals surface area contributed by atoms with Gasteiger partial charge in [-0.2, -0.15) is 0 Å². The number of benzene rings is 10. The van der Waals surface area contributed by atoms with E-state index in [1.807, 2.05) is 6.07 Å².